The monoisotopic (exact) mass is 492 g/mol. The molecule has 7 heteroatoms. The number of ether oxygens (including phenoxy) is 1. The Bertz CT molecular complexity index is 1500. The summed E-state index contributed by atoms with van der Waals surface area (Å²) < 4.78 is 7.58. The summed E-state index contributed by atoms with van der Waals surface area (Å²) in [4.78, 5) is 12.9. The highest BCUT2D eigenvalue weighted by Crippen LogP contribution is 2.41. The molecule has 0 saturated heterocycles. The molecule has 4 aromatic rings. The molecule has 1 aliphatic heterocycles. The van der Waals surface area contributed by atoms with E-state index in [1.54, 1.807) is 32.2 Å². The maximum atomic E-state index is 12.9. The minimum absolute atomic E-state index is 0.134. The van der Waals surface area contributed by atoms with Crippen LogP contribution in [0.15, 0.2) is 48.5 Å². The zero-order valence-electron chi connectivity index (χ0n) is 18.9. The normalized spacial score (nSPS) is 14.0. The van der Waals surface area contributed by atoms with E-state index in [4.69, 9.17) is 27.9 Å². The molecule has 0 radical (unpaired) electrons. The first kappa shape index (κ1) is 22.4. The van der Waals surface area contributed by atoms with E-state index < -0.39 is 0 Å². The second-order valence-electron chi connectivity index (χ2n) is 8.45. The summed E-state index contributed by atoms with van der Waals surface area (Å²) in [5.74, 6) is 0.625. The van der Waals surface area contributed by atoms with Crippen LogP contribution in [0.1, 0.15) is 27.8 Å². The molecule has 0 saturated carbocycles. The van der Waals surface area contributed by atoms with Crippen molar-refractivity contribution in [1.29, 1.82) is 0 Å². The summed E-state index contributed by atoms with van der Waals surface area (Å²) in [5.41, 5.74) is 6.10. The molecule has 2 heterocycles. The molecule has 34 heavy (non-hydrogen) atoms. The van der Waals surface area contributed by atoms with Crippen molar-refractivity contribution in [3.8, 4) is 11.5 Å². The van der Waals surface area contributed by atoms with Crippen molar-refractivity contribution in [2.24, 2.45) is 0 Å². The summed E-state index contributed by atoms with van der Waals surface area (Å²) in [6, 6.07) is 15.0. The summed E-state index contributed by atoms with van der Waals surface area (Å²) >= 11 is 13.0. The molecule has 0 fully saturated rings. The van der Waals surface area contributed by atoms with Crippen molar-refractivity contribution in [3.05, 3.63) is 86.5 Å². The summed E-state index contributed by atoms with van der Waals surface area (Å²) in [6.45, 7) is 4.30. The zero-order valence-corrected chi connectivity index (χ0v) is 20.4. The van der Waals surface area contributed by atoms with Crippen LogP contribution >= 0.6 is 23.2 Å². The molecule has 0 bridgehead atoms. The van der Waals surface area contributed by atoms with Crippen LogP contribution in [0.4, 0.5) is 5.69 Å². The number of nitrogens with one attached hydrogen (secondary N) is 1. The van der Waals surface area contributed by atoms with E-state index in [2.05, 4.69) is 5.32 Å². The SMILES string of the molecule is COc1cc2c(/C=C3/C(=O)Nc4cc(C)c(O)cc43)c(Cl)n(Cc3ccc(Cl)cc3)c2cc1C. The highest BCUT2D eigenvalue weighted by Gasteiger charge is 2.27. The summed E-state index contributed by atoms with van der Waals surface area (Å²) in [6.07, 6.45) is 1.79. The quantitative estimate of drug-likeness (QED) is 0.242. The molecular formula is C27H22Cl2N2O3. The number of amides is 1. The second kappa shape index (κ2) is 8.42. The van der Waals surface area contributed by atoms with E-state index in [1.165, 1.54) is 0 Å². The van der Waals surface area contributed by atoms with E-state index in [1.807, 2.05) is 47.9 Å². The number of aromatic nitrogens is 1. The third-order valence-corrected chi connectivity index (χ3v) is 6.87. The third kappa shape index (κ3) is 3.71. The van der Waals surface area contributed by atoms with Crippen LogP contribution < -0.4 is 10.1 Å². The molecule has 0 spiro atoms. The van der Waals surface area contributed by atoms with Crippen molar-refractivity contribution in [2.45, 2.75) is 20.4 Å². The number of benzene rings is 3. The molecule has 0 unspecified atom stereocenters. The van der Waals surface area contributed by atoms with Gasteiger partial charge in [0, 0.05) is 39.3 Å². The Balaban J connectivity index is 1.73. The first-order valence-electron chi connectivity index (χ1n) is 10.7. The van der Waals surface area contributed by atoms with Crippen LogP contribution in [0.25, 0.3) is 22.6 Å². The molecular weight excluding hydrogens is 471 g/mol. The molecule has 172 valence electrons. The first-order chi connectivity index (χ1) is 16.3. The number of rotatable bonds is 4. The number of aryl methyl sites for hydroxylation is 2. The van der Waals surface area contributed by atoms with E-state index in [0.29, 0.717) is 44.7 Å². The lowest BCUT2D eigenvalue weighted by atomic mass is 10.0. The summed E-state index contributed by atoms with van der Waals surface area (Å²) in [5, 5.41) is 15.2. The minimum Gasteiger partial charge on any atom is -0.508 e. The number of nitrogens with zero attached hydrogens (tertiary/aromatic N) is 1. The highest BCUT2D eigenvalue weighted by atomic mass is 35.5. The number of hydrogen-bond acceptors (Lipinski definition) is 3. The van der Waals surface area contributed by atoms with Crippen molar-refractivity contribution < 1.29 is 14.6 Å². The van der Waals surface area contributed by atoms with Crippen LogP contribution in [0.3, 0.4) is 0 Å². The molecule has 5 nitrogen and oxygen atoms in total. The molecule has 0 atom stereocenters. The van der Waals surface area contributed by atoms with Crippen LogP contribution in [-0.4, -0.2) is 22.7 Å². The number of fused-ring (bicyclic) bond motifs is 2. The number of carbonyl (C=O) groups excluding carboxylic acids is 1. The average molecular weight is 493 g/mol. The zero-order chi connectivity index (χ0) is 24.1. The van der Waals surface area contributed by atoms with Crippen LogP contribution in [0, 0.1) is 13.8 Å². The largest absolute Gasteiger partial charge is 0.508 e. The lowest BCUT2D eigenvalue weighted by molar-refractivity contribution is -0.110. The third-order valence-electron chi connectivity index (χ3n) is 6.22. The first-order valence-corrected chi connectivity index (χ1v) is 11.5. The fourth-order valence-corrected chi connectivity index (χ4v) is 4.81. The van der Waals surface area contributed by atoms with Gasteiger partial charge in [-0.15, -0.1) is 0 Å². The van der Waals surface area contributed by atoms with Crippen molar-refractivity contribution in [1.82, 2.24) is 4.57 Å². The maximum Gasteiger partial charge on any atom is 0.256 e. The van der Waals surface area contributed by atoms with Crippen molar-refractivity contribution >= 4 is 57.3 Å². The van der Waals surface area contributed by atoms with Gasteiger partial charge < -0.3 is 19.7 Å². The number of aromatic hydroxyl groups is 1. The Morgan fingerprint density at radius 1 is 1.06 bits per heavy atom. The lowest BCUT2D eigenvalue weighted by Crippen LogP contribution is -2.03. The number of halogens is 2. The maximum absolute atomic E-state index is 12.9. The molecule has 3 aromatic carbocycles. The van der Waals surface area contributed by atoms with Gasteiger partial charge in [0.25, 0.3) is 5.91 Å². The minimum atomic E-state index is -0.242. The number of carbonyl (C=O) groups is 1. The van der Waals surface area contributed by atoms with E-state index in [9.17, 15) is 9.90 Å². The Morgan fingerprint density at radius 3 is 2.50 bits per heavy atom. The Labute approximate surface area is 207 Å². The fourth-order valence-electron chi connectivity index (χ4n) is 4.38. The highest BCUT2D eigenvalue weighted by molar-refractivity contribution is 6.38. The molecule has 0 aliphatic carbocycles. The predicted molar refractivity (Wildman–Crippen MR) is 138 cm³/mol. The van der Waals surface area contributed by atoms with Gasteiger partial charge in [-0.2, -0.15) is 0 Å². The van der Waals surface area contributed by atoms with Crippen molar-refractivity contribution in [3.63, 3.8) is 0 Å². The van der Waals surface area contributed by atoms with Gasteiger partial charge in [-0.3, -0.25) is 4.79 Å². The number of phenolic OH excluding ortho intramolecular Hbond substituents is 1. The van der Waals surface area contributed by atoms with E-state index >= 15 is 0 Å². The number of phenols is 1. The average Bonchev–Trinajstić information content (AvgIpc) is 3.23. The van der Waals surface area contributed by atoms with Crippen molar-refractivity contribution in [2.75, 3.05) is 12.4 Å². The molecule has 1 aromatic heterocycles. The molecule has 5 rings (SSSR count). The predicted octanol–water partition coefficient (Wildman–Crippen LogP) is 6.82. The lowest BCUT2D eigenvalue weighted by Gasteiger charge is -2.09. The smallest absolute Gasteiger partial charge is 0.256 e. The van der Waals surface area contributed by atoms with Crippen LogP contribution in [-0.2, 0) is 11.3 Å². The molecule has 2 N–H and O–H groups in total. The van der Waals surface area contributed by atoms with Gasteiger partial charge in [0.15, 0.2) is 0 Å². The van der Waals surface area contributed by atoms with Gasteiger partial charge >= 0.3 is 0 Å². The van der Waals surface area contributed by atoms with Gasteiger partial charge in [-0.05, 0) is 73.0 Å². The van der Waals surface area contributed by atoms with Gasteiger partial charge in [0.2, 0.25) is 0 Å². The Kier molecular flexibility index (Phi) is 5.54. The van der Waals surface area contributed by atoms with Crippen LogP contribution in [0.2, 0.25) is 10.2 Å². The second-order valence-corrected chi connectivity index (χ2v) is 9.25. The standard InChI is InChI=1S/C27H22Cl2N2O3/c1-14-8-22-18(11-24(14)32)21(27(33)30-22)10-20-19-12-25(34-3)15(2)9-23(19)31(26(20)29)13-16-4-6-17(28)7-5-16/h4-12,32H,13H2,1-3H3,(H,30,33)/b21-10+. The van der Waals surface area contributed by atoms with E-state index in [-0.39, 0.29) is 11.7 Å². The van der Waals surface area contributed by atoms with Crippen LogP contribution in [0.5, 0.6) is 11.5 Å². The van der Waals surface area contributed by atoms with Gasteiger partial charge in [-0.1, -0.05) is 35.3 Å². The number of anilines is 1. The van der Waals surface area contributed by atoms with Gasteiger partial charge in [0.1, 0.15) is 16.7 Å². The Hall–Kier alpha value is -3.41. The number of methoxy groups -OCH3 is 1. The van der Waals surface area contributed by atoms with E-state index in [0.717, 1.165) is 27.8 Å². The summed E-state index contributed by atoms with van der Waals surface area (Å²) in [7, 11) is 1.63. The molecule has 1 aliphatic rings. The fraction of sp³-hybridized carbons (Fsp3) is 0.148. The Morgan fingerprint density at radius 2 is 1.79 bits per heavy atom. The molecule has 1 amide bonds. The van der Waals surface area contributed by atoms with Gasteiger partial charge in [0.05, 0.1) is 12.6 Å². The number of hydrogen-bond donors (Lipinski definition) is 2. The van der Waals surface area contributed by atoms with Gasteiger partial charge in [-0.25, -0.2) is 0 Å². The topological polar surface area (TPSA) is 63.5 Å².